The topological polar surface area (TPSA) is 120 Å². The number of hydrogen-bond acceptors (Lipinski definition) is 9. The van der Waals surface area contributed by atoms with Crippen LogP contribution in [-0.4, -0.2) is 56.6 Å². The van der Waals surface area contributed by atoms with E-state index in [9.17, 15) is 17.8 Å². The molecular formula is C29H31O9S-. The van der Waals surface area contributed by atoms with E-state index in [1.807, 2.05) is 91.0 Å². The molecule has 0 aromatic heterocycles. The highest BCUT2D eigenvalue weighted by Crippen LogP contribution is 2.27. The van der Waals surface area contributed by atoms with Gasteiger partial charge in [-0.05, 0) is 29.5 Å². The second-order valence-electron chi connectivity index (χ2n) is 9.08. The number of carbonyl (C=O) groups is 1. The van der Waals surface area contributed by atoms with Gasteiger partial charge in [-0.25, -0.2) is 13.2 Å². The lowest BCUT2D eigenvalue weighted by Crippen LogP contribution is -2.59. The van der Waals surface area contributed by atoms with Crippen LogP contribution in [0.5, 0.6) is 0 Å². The van der Waals surface area contributed by atoms with Crippen molar-refractivity contribution in [3.63, 3.8) is 0 Å². The molecule has 1 fully saturated rings. The molecule has 208 valence electrons. The van der Waals surface area contributed by atoms with E-state index in [4.69, 9.17) is 23.1 Å². The Kier molecular flexibility index (Phi) is 10.6. The minimum atomic E-state index is -5.09. The molecule has 2 unspecified atom stereocenters. The number of carbonyl (C=O) groups excluding carboxylic acids is 1. The largest absolute Gasteiger partial charge is 0.726 e. The average molecular weight is 556 g/mol. The molecule has 1 heterocycles. The first kappa shape index (κ1) is 28.9. The smallest absolute Gasteiger partial charge is 0.338 e. The summed E-state index contributed by atoms with van der Waals surface area (Å²) >= 11 is 0. The fraction of sp³-hybridized carbons (Fsp3) is 0.345. The molecular weight excluding hydrogens is 524 g/mol. The maximum absolute atomic E-state index is 13.1. The molecule has 4 atom stereocenters. The monoisotopic (exact) mass is 555 g/mol. The van der Waals surface area contributed by atoms with Gasteiger partial charge < -0.3 is 23.5 Å². The molecule has 9 nitrogen and oxygen atoms in total. The Balaban J connectivity index is 1.51. The number of rotatable bonds is 13. The number of hydrogen-bond donors (Lipinski definition) is 0. The van der Waals surface area contributed by atoms with E-state index in [1.165, 1.54) is 0 Å². The summed E-state index contributed by atoms with van der Waals surface area (Å²) in [6.07, 6.45) is -3.39. The molecule has 0 bridgehead atoms. The van der Waals surface area contributed by atoms with E-state index < -0.39 is 40.8 Å². The summed E-state index contributed by atoms with van der Waals surface area (Å²) in [4.78, 5) is 13.1. The lowest BCUT2D eigenvalue weighted by Gasteiger charge is -2.41. The van der Waals surface area contributed by atoms with Gasteiger partial charge in [0.25, 0.3) is 0 Å². The molecule has 1 aliphatic rings. The molecule has 4 rings (SSSR count). The predicted octanol–water partition coefficient (Wildman–Crippen LogP) is 3.58. The summed E-state index contributed by atoms with van der Waals surface area (Å²) < 4.78 is 62.6. The zero-order valence-electron chi connectivity index (χ0n) is 21.3. The van der Waals surface area contributed by atoms with Gasteiger partial charge in [-0.1, -0.05) is 91.0 Å². The van der Waals surface area contributed by atoms with Crippen molar-refractivity contribution in [3.8, 4) is 0 Å². The third-order valence-electron chi connectivity index (χ3n) is 6.17. The van der Waals surface area contributed by atoms with Crippen molar-refractivity contribution >= 4 is 16.4 Å². The lowest BCUT2D eigenvalue weighted by molar-refractivity contribution is -0.226. The SMILES string of the molecule is O=C(OCc1ccccc1)C1OCC(OS(=O)(=O)[O-])[C@H](OCc2ccccc2)[C@@H]1OCCCc1ccccc1. The first-order valence-electron chi connectivity index (χ1n) is 12.7. The van der Waals surface area contributed by atoms with Crippen molar-refractivity contribution in [3.05, 3.63) is 108 Å². The fourth-order valence-electron chi connectivity index (χ4n) is 4.31. The Hall–Kier alpha value is -3.12. The van der Waals surface area contributed by atoms with Crippen molar-refractivity contribution in [1.29, 1.82) is 0 Å². The molecule has 0 aliphatic carbocycles. The van der Waals surface area contributed by atoms with Crippen LogP contribution in [0.25, 0.3) is 0 Å². The number of aryl methyl sites for hydroxylation is 1. The van der Waals surface area contributed by atoms with Crippen LogP contribution in [0.15, 0.2) is 91.0 Å². The third-order valence-corrected chi connectivity index (χ3v) is 6.66. The molecule has 0 radical (unpaired) electrons. The van der Waals surface area contributed by atoms with Crippen LogP contribution < -0.4 is 0 Å². The van der Waals surface area contributed by atoms with Crippen molar-refractivity contribution in [1.82, 2.24) is 0 Å². The van der Waals surface area contributed by atoms with E-state index in [-0.39, 0.29) is 26.4 Å². The summed E-state index contributed by atoms with van der Waals surface area (Å²) in [5, 5.41) is 0. The second kappa shape index (κ2) is 14.3. The molecule has 0 spiro atoms. The summed E-state index contributed by atoms with van der Waals surface area (Å²) in [5.41, 5.74) is 2.71. The Labute approximate surface area is 228 Å². The van der Waals surface area contributed by atoms with Gasteiger partial charge in [0.1, 0.15) is 24.9 Å². The zero-order valence-corrected chi connectivity index (χ0v) is 22.1. The van der Waals surface area contributed by atoms with E-state index in [2.05, 4.69) is 0 Å². The fourth-order valence-corrected chi connectivity index (χ4v) is 4.78. The van der Waals surface area contributed by atoms with Crippen LogP contribution in [0.3, 0.4) is 0 Å². The van der Waals surface area contributed by atoms with Gasteiger partial charge in [0.15, 0.2) is 6.10 Å². The summed E-state index contributed by atoms with van der Waals surface area (Å²) in [5.74, 6) is -0.691. The maximum atomic E-state index is 13.1. The Morgan fingerprint density at radius 2 is 1.36 bits per heavy atom. The van der Waals surface area contributed by atoms with Gasteiger partial charge >= 0.3 is 5.97 Å². The minimum Gasteiger partial charge on any atom is -0.726 e. The van der Waals surface area contributed by atoms with E-state index in [0.29, 0.717) is 6.42 Å². The normalized spacial score (nSPS) is 21.4. The Morgan fingerprint density at radius 3 is 1.95 bits per heavy atom. The van der Waals surface area contributed by atoms with E-state index in [0.717, 1.165) is 23.1 Å². The zero-order chi connectivity index (χ0) is 27.5. The lowest BCUT2D eigenvalue weighted by atomic mass is 9.99. The van der Waals surface area contributed by atoms with Crippen molar-refractivity contribution in [2.24, 2.45) is 0 Å². The van der Waals surface area contributed by atoms with Crippen LogP contribution in [0.2, 0.25) is 0 Å². The van der Waals surface area contributed by atoms with Gasteiger partial charge in [-0.15, -0.1) is 0 Å². The van der Waals surface area contributed by atoms with Gasteiger partial charge in [0.05, 0.1) is 13.2 Å². The molecule has 1 aliphatic heterocycles. The average Bonchev–Trinajstić information content (AvgIpc) is 2.94. The quantitative estimate of drug-likeness (QED) is 0.135. The highest BCUT2D eigenvalue weighted by atomic mass is 32.3. The van der Waals surface area contributed by atoms with Crippen LogP contribution in [0, 0.1) is 0 Å². The summed E-state index contributed by atoms with van der Waals surface area (Å²) in [7, 11) is -5.09. The number of esters is 1. The standard InChI is InChI=1S/C29H32O9S/c30-29(37-20-24-15-8-3-9-16-24)28-27(34-18-10-17-22-11-4-1-5-12-22)26(25(21-36-28)38-39(31,32)33)35-19-23-13-6-2-7-14-23/h1-9,11-16,25-28H,10,17-21H2,(H,31,32,33)/p-1/t25?,26-,27-,28?/m0/s1. The van der Waals surface area contributed by atoms with Crippen molar-refractivity contribution < 1.29 is 40.9 Å². The molecule has 3 aromatic rings. The van der Waals surface area contributed by atoms with Crippen LogP contribution in [0.4, 0.5) is 0 Å². The molecule has 10 heteroatoms. The first-order chi connectivity index (χ1) is 18.9. The van der Waals surface area contributed by atoms with Gasteiger partial charge in [-0.2, -0.15) is 0 Å². The van der Waals surface area contributed by atoms with E-state index >= 15 is 0 Å². The van der Waals surface area contributed by atoms with Gasteiger partial charge in [0, 0.05) is 6.61 Å². The first-order valence-corrected chi connectivity index (χ1v) is 14.0. The van der Waals surface area contributed by atoms with Crippen LogP contribution in [0.1, 0.15) is 23.1 Å². The minimum absolute atomic E-state index is 0.0185. The van der Waals surface area contributed by atoms with Crippen LogP contribution >= 0.6 is 0 Å². The molecule has 0 amide bonds. The van der Waals surface area contributed by atoms with Gasteiger partial charge in [0.2, 0.25) is 10.4 Å². The van der Waals surface area contributed by atoms with Crippen LogP contribution in [-0.2, 0) is 58.0 Å². The highest BCUT2D eigenvalue weighted by molar-refractivity contribution is 7.80. The molecule has 3 aromatic carbocycles. The maximum Gasteiger partial charge on any atom is 0.338 e. The Bertz CT molecular complexity index is 1250. The molecule has 39 heavy (non-hydrogen) atoms. The Morgan fingerprint density at radius 1 is 0.795 bits per heavy atom. The molecule has 0 saturated carbocycles. The number of benzene rings is 3. The summed E-state index contributed by atoms with van der Waals surface area (Å²) in [6.45, 7) is -0.0755. The predicted molar refractivity (Wildman–Crippen MR) is 140 cm³/mol. The molecule has 1 saturated heterocycles. The van der Waals surface area contributed by atoms with Crippen molar-refractivity contribution in [2.75, 3.05) is 13.2 Å². The van der Waals surface area contributed by atoms with E-state index in [1.54, 1.807) is 0 Å². The van der Waals surface area contributed by atoms with Gasteiger partial charge in [-0.3, -0.25) is 4.18 Å². The third kappa shape index (κ3) is 9.24. The second-order valence-corrected chi connectivity index (χ2v) is 10.1. The molecule has 0 N–H and O–H groups in total. The highest BCUT2D eigenvalue weighted by Gasteiger charge is 2.47. The van der Waals surface area contributed by atoms with Crippen molar-refractivity contribution in [2.45, 2.75) is 50.5 Å². The number of ether oxygens (including phenoxy) is 4. The summed E-state index contributed by atoms with van der Waals surface area (Å²) in [6, 6.07) is 28.2.